The van der Waals surface area contributed by atoms with Gasteiger partial charge in [0.25, 0.3) is 0 Å². The molecule has 0 saturated carbocycles. The molecule has 11 heavy (non-hydrogen) atoms. The molecule has 0 aliphatic carbocycles. The molecule has 1 aliphatic heterocycles. The van der Waals surface area contributed by atoms with Crippen LogP contribution >= 0.6 is 11.9 Å². The first-order chi connectivity index (χ1) is 4.93. The maximum Gasteiger partial charge on any atom is 0.226 e. The van der Waals surface area contributed by atoms with Crippen molar-refractivity contribution in [3.63, 3.8) is 0 Å². The van der Waals surface area contributed by atoms with Crippen LogP contribution < -0.4 is 10.9 Å². The first-order valence-electron chi connectivity index (χ1n) is 2.62. The van der Waals surface area contributed by atoms with Gasteiger partial charge in [-0.3, -0.25) is 0 Å². The molecule has 0 aromatic heterocycles. The average Bonchev–Trinajstić information content (AvgIpc) is 2.11. The van der Waals surface area contributed by atoms with Crippen LogP contribution in [0.1, 0.15) is 0 Å². The fourth-order valence-corrected chi connectivity index (χ4v) is 2.30. The minimum absolute atomic E-state index is 0.103. The highest BCUT2D eigenvalue weighted by Gasteiger charge is 2.37. The summed E-state index contributed by atoms with van der Waals surface area (Å²) in [5.41, 5.74) is 5.12. The third kappa shape index (κ3) is 1.64. The molecule has 1 aliphatic rings. The van der Waals surface area contributed by atoms with Crippen LogP contribution in [0, 0.1) is 0 Å². The number of nitrogens with zero attached hydrogens (tertiary/aromatic N) is 1. The molecule has 64 valence electrons. The lowest BCUT2D eigenvalue weighted by molar-refractivity contribution is 0.257. The molecule has 0 aromatic carbocycles. The standard InChI is InChI=1S/C3H7N3O3S2/c4-2-1(7)3(10-6-2)11(5,8)9/h1,3,7H,(H2,4,6)(H2,5,8,9). The van der Waals surface area contributed by atoms with E-state index in [9.17, 15) is 8.42 Å². The van der Waals surface area contributed by atoms with Crippen LogP contribution in [0.4, 0.5) is 0 Å². The Balaban J connectivity index is 2.85. The Bertz CT molecular complexity index is 284. The van der Waals surface area contributed by atoms with Crippen LogP contribution in [0.5, 0.6) is 0 Å². The number of amidine groups is 1. The molecule has 0 saturated heterocycles. The Morgan fingerprint density at radius 3 is 2.36 bits per heavy atom. The molecule has 0 radical (unpaired) electrons. The summed E-state index contributed by atoms with van der Waals surface area (Å²) in [5.74, 6) is -0.103. The number of primary sulfonamides is 1. The van der Waals surface area contributed by atoms with Gasteiger partial charge in [0.05, 0.1) is 0 Å². The highest BCUT2D eigenvalue weighted by atomic mass is 32.3. The molecule has 0 aromatic rings. The van der Waals surface area contributed by atoms with E-state index < -0.39 is 20.7 Å². The van der Waals surface area contributed by atoms with Gasteiger partial charge in [0.2, 0.25) is 10.0 Å². The highest BCUT2D eigenvalue weighted by molar-refractivity contribution is 8.12. The predicted molar refractivity (Wildman–Crippen MR) is 42.1 cm³/mol. The number of aliphatic hydroxyl groups excluding tert-OH is 1. The number of aliphatic hydroxyl groups is 1. The summed E-state index contributed by atoms with van der Waals surface area (Å²) >= 11 is 0.666. The zero-order chi connectivity index (χ0) is 8.65. The Hall–Kier alpha value is -0.310. The van der Waals surface area contributed by atoms with E-state index in [1.807, 2.05) is 0 Å². The number of sulfonamides is 1. The van der Waals surface area contributed by atoms with Gasteiger partial charge in [-0.05, 0) is 0 Å². The third-order valence-corrected chi connectivity index (χ3v) is 3.90. The van der Waals surface area contributed by atoms with Crippen LogP contribution in [0.15, 0.2) is 4.40 Å². The van der Waals surface area contributed by atoms with Crippen LogP contribution in [0.25, 0.3) is 0 Å². The Kier molecular flexibility index (Phi) is 2.10. The van der Waals surface area contributed by atoms with Gasteiger partial charge in [0.1, 0.15) is 11.9 Å². The largest absolute Gasteiger partial charge is 0.384 e. The lowest BCUT2D eigenvalue weighted by Gasteiger charge is -2.08. The molecule has 0 amide bonds. The second kappa shape index (κ2) is 2.63. The smallest absolute Gasteiger partial charge is 0.226 e. The first kappa shape index (κ1) is 8.78. The summed E-state index contributed by atoms with van der Waals surface area (Å²) in [6, 6.07) is 0. The molecule has 0 fully saturated rings. The zero-order valence-electron chi connectivity index (χ0n) is 5.34. The van der Waals surface area contributed by atoms with E-state index in [-0.39, 0.29) is 5.84 Å². The van der Waals surface area contributed by atoms with Gasteiger partial charge < -0.3 is 10.8 Å². The zero-order valence-corrected chi connectivity index (χ0v) is 6.97. The van der Waals surface area contributed by atoms with Gasteiger partial charge in [-0.1, -0.05) is 0 Å². The van der Waals surface area contributed by atoms with Crippen molar-refractivity contribution in [3.8, 4) is 0 Å². The molecule has 6 nitrogen and oxygen atoms in total. The van der Waals surface area contributed by atoms with E-state index in [0.29, 0.717) is 11.9 Å². The van der Waals surface area contributed by atoms with E-state index >= 15 is 0 Å². The van der Waals surface area contributed by atoms with E-state index in [1.54, 1.807) is 0 Å². The van der Waals surface area contributed by atoms with Crippen LogP contribution in [-0.2, 0) is 10.0 Å². The Labute approximate surface area is 67.9 Å². The van der Waals surface area contributed by atoms with Gasteiger partial charge in [-0.2, -0.15) is 4.40 Å². The Morgan fingerprint density at radius 2 is 2.18 bits per heavy atom. The summed E-state index contributed by atoms with van der Waals surface area (Å²) in [4.78, 5) is 0. The molecule has 0 spiro atoms. The Morgan fingerprint density at radius 1 is 1.64 bits per heavy atom. The van der Waals surface area contributed by atoms with Crippen molar-refractivity contribution in [1.29, 1.82) is 0 Å². The van der Waals surface area contributed by atoms with Crippen molar-refractivity contribution in [2.45, 2.75) is 10.7 Å². The number of rotatable bonds is 1. The fourth-order valence-electron chi connectivity index (χ4n) is 0.604. The fraction of sp³-hybridized carbons (Fsp3) is 0.667. The maximum absolute atomic E-state index is 10.7. The third-order valence-electron chi connectivity index (χ3n) is 1.15. The summed E-state index contributed by atoms with van der Waals surface area (Å²) < 4.78 is 23.6. The summed E-state index contributed by atoms with van der Waals surface area (Å²) in [6.07, 6.45) is -1.28. The summed E-state index contributed by atoms with van der Waals surface area (Å²) in [5, 5.41) is 13.8. The van der Waals surface area contributed by atoms with Gasteiger partial charge in [0.15, 0.2) is 4.58 Å². The lowest BCUT2D eigenvalue weighted by atomic mass is 10.4. The van der Waals surface area contributed by atoms with Gasteiger partial charge in [-0.25, -0.2) is 13.6 Å². The molecule has 2 unspecified atom stereocenters. The summed E-state index contributed by atoms with van der Waals surface area (Å²) in [7, 11) is -3.77. The minimum Gasteiger partial charge on any atom is -0.384 e. The molecule has 8 heteroatoms. The van der Waals surface area contributed by atoms with Crippen molar-refractivity contribution in [1.82, 2.24) is 0 Å². The van der Waals surface area contributed by atoms with Crippen molar-refractivity contribution in [2.75, 3.05) is 0 Å². The second-order valence-corrected chi connectivity index (χ2v) is 4.91. The topological polar surface area (TPSA) is 119 Å². The number of hydrogen-bond acceptors (Lipinski definition) is 6. The number of hydrogen-bond donors (Lipinski definition) is 3. The van der Waals surface area contributed by atoms with Gasteiger partial charge in [0, 0.05) is 11.9 Å². The quantitative estimate of drug-likeness (QED) is 0.419. The van der Waals surface area contributed by atoms with Gasteiger partial charge >= 0.3 is 0 Å². The van der Waals surface area contributed by atoms with E-state index in [0.717, 1.165) is 0 Å². The van der Waals surface area contributed by atoms with Crippen LogP contribution in [0.2, 0.25) is 0 Å². The van der Waals surface area contributed by atoms with Gasteiger partial charge in [-0.15, -0.1) is 0 Å². The first-order valence-corrected chi connectivity index (χ1v) is 5.06. The molecule has 0 bridgehead atoms. The maximum atomic E-state index is 10.7. The predicted octanol–water partition coefficient (Wildman–Crippen LogP) is -2.02. The average molecular weight is 197 g/mol. The summed E-state index contributed by atoms with van der Waals surface area (Å²) in [6.45, 7) is 0. The monoisotopic (exact) mass is 197 g/mol. The highest BCUT2D eigenvalue weighted by Crippen LogP contribution is 2.26. The number of nitrogens with two attached hydrogens (primary N) is 2. The molecule has 1 rings (SSSR count). The van der Waals surface area contributed by atoms with Crippen LogP contribution in [-0.4, -0.2) is 30.0 Å². The molecule has 5 N–H and O–H groups in total. The van der Waals surface area contributed by atoms with Crippen molar-refractivity contribution >= 4 is 27.8 Å². The SMILES string of the molecule is NC1=NSC(S(N)(=O)=O)C1O. The minimum atomic E-state index is -3.77. The van der Waals surface area contributed by atoms with E-state index in [1.165, 1.54) is 0 Å². The van der Waals surface area contributed by atoms with Crippen molar-refractivity contribution < 1.29 is 13.5 Å². The van der Waals surface area contributed by atoms with E-state index in [4.69, 9.17) is 16.0 Å². The molecular weight excluding hydrogens is 190 g/mol. The molecule has 2 atom stereocenters. The molecular formula is C3H7N3O3S2. The van der Waals surface area contributed by atoms with Crippen molar-refractivity contribution in [3.05, 3.63) is 0 Å². The van der Waals surface area contributed by atoms with E-state index in [2.05, 4.69) is 4.40 Å². The molecule has 1 heterocycles. The second-order valence-electron chi connectivity index (χ2n) is 2.02. The van der Waals surface area contributed by atoms with Crippen LogP contribution in [0.3, 0.4) is 0 Å². The lowest BCUT2D eigenvalue weighted by Crippen LogP contribution is -2.40. The normalized spacial score (nSPS) is 32.0. The van der Waals surface area contributed by atoms with Crippen molar-refractivity contribution in [2.24, 2.45) is 15.3 Å².